The number of aromatic amines is 1. The average Bonchev–Trinajstić information content (AvgIpc) is 3.30. The fourth-order valence-corrected chi connectivity index (χ4v) is 6.44. The minimum absolute atomic E-state index is 0.00186. The van der Waals surface area contributed by atoms with Crippen molar-refractivity contribution in [2.45, 2.75) is 74.7 Å². The summed E-state index contributed by atoms with van der Waals surface area (Å²) in [6, 6.07) is 2.43. The number of benzene rings is 1. The van der Waals surface area contributed by atoms with Gasteiger partial charge < -0.3 is 29.4 Å². The molecule has 0 bridgehead atoms. The molecule has 0 saturated carbocycles. The number of rotatable bonds is 6. The number of aromatic nitrogens is 4. The van der Waals surface area contributed by atoms with Crippen molar-refractivity contribution in [2.75, 3.05) is 19.6 Å². The number of hydrogen-bond acceptors (Lipinski definition) is 9. The van der Waals surface area contributed by atoms with Crippen molar-refractivity contribution < 1.29 is 24.5 Å². The van der Waals surface area contributed by atoms with Crippen LogP contribution in [0.2, 0.25) is 0 Å². The standard InChI is InChI=1S/C27H34BrN7O5S/c1-27(2,3)40-26(39)35-11-7-17(35)24(38)33-8-4-15(5-9-33)6-10-34-14-30-22(29)21-23(34)32-25(31-21)41-20-13-19(37)18(36)12-16(20)28/h12-15,17,29,36-37H,4-11H2,1-3H3,(H,31,32)/t17-/m0/s1. The van der Waals surface area contributed by atoms with E-state index in [1.807, 2.05) is 30.2 Å². The van der Waals surface area contributed by atoms with Gasteiger partial charge in [0.05, 0.1) is 6.33 Å². The fraction of sp³-hybridized carbons (Fsp3) is 0.519. The van der Waals surface area contributed by atoms with Crippen molar-refractivity contribution in [3.8, 4) is 11.5 Å². The van der Waals surface area contributed by atoms with E-state index in [0.717, 1.165) is 19.3 Å². The average molecular weight is 649 g/mol. The van der Waals surface area contributed by atoms with Gasteiger partial charge >= 0.3 is 6.09 Å². The van der Waals surface area contributed by atoms with Gasteiger partial charge in [0.25, 0.3) is 0 Å². The third-order valence-corrected chi connectivity index (χ3v) is 9.23. The second-order valence-electron chi connectivity index (χ2n) is 11.4. The van der Waals surface area contributed by atoms with Crippen LogP contribution in [-0.4, -0.2) is 82.8 Å². The zero-order valence-corrected chi connectivity index (χ0v) is 25.6. The summed E-state index contributed by atoms with van der Waals surface area (Å²) in [7, 11) is 0. The molecule has 1 aromatic carbocycles. The van der Waals surface area contributed by atoms with E-state index in [0.29, 0.717) is 64.2 Å². The van der Waals surface area contributed by atoms with Gasteiger partial charge in [-0.1, -0.05) is 11.8 Å². The van der Waals surface area contributed by atoms with Crippen molar-refractivity contribution in [2.24, 2.45) is 5.92 Å². The number of halogens is 1. The van der Waals surface area contributed by atoms with Crippen LogP contribution in [-0.2, 0) is 16.1 Å². The van der Waals surface area contributed by atoms with Crippen LogP contribution in [0, 0.1) is 11.3 Å². The Morgan fingerprint density at radius 1 is 1.17 bits per heavy atom. The van der Waals surface area contributed by atoms with Crippen molar-refractivity contribution in [3.63, 3.8) is 0 Å². The molecule has 12 nitrogen and oxygen atoms in total. The number of fused-ring (bicyclic) bond motifs is 1. The van der Waals surface area contributed by atoms with Gasteiger partial charge in [-0.05, 0) is 80.4 Å². The van der Waals surface area contributed by atoms with Gasteiger partial charge in [-0.15, -0.1) is 0 Å². The first kappa shape index (κ1) is 29.2. The summed E-state index contributed by atoms with van der Waals surface area (Å²) in [4.78, 5) is 41.7. The predicted octanol–water partition coefficient (Wildman–Crippen LogP) is 4.20. The molecule has 41 heavy (non-hydrogen) atoms. The Morgan fingerprint density at radius 3 is 2.54 bits per heavy atom. The van der Waals surface area contributed by atoms with Gasteiger partial charge in [0.15, 0.2) is 27.8 Å². The van der Waals surface area contributed by atoms with Crippen molar-refractivity contribution in [1.82, 2.24) is 29.3 Å². The number of aryl methyl sites for hydroxylation is 1. The van der Waals surface area contributed by atoms with Gasteiger partial charge in [-0.3, -0.25) is 15.1 Å². The zero-order valence-electron chi connectivity index (χ0n) is 23.2. The normalized spacial score (nSPS) is 18.0. The highest BCUT2D eigenvalue weighted by molar-refractivity contribution is 9.10. The third kappa shape index (κ3) is 6.48. The second kappa shape index (κ2) is 11.6. The number of hydrogen-bond donors (Lipinski definition) is 4. The lowest BCUT2D eigenvalue weighted by Gasteiger charge is -2.43. The number of phenols is 2. The Hall–Kier alpha value is -3.26. The Kier molecular flexibility index (Phi) is 8.24. The number of carbonyl (C=O) groups excluding carboxylic acids is 2. The monoisotopic (exact) mass is 647 g/mol. The summed E-state index contributed by atoms with van der Waals surface area (Å²) >= 11 is 4.66. The maximum absolute atomic E-state index is 13.1. The number of nitrogens with one attached hydrogen (secondary N) is 2. The highest BCUT2D eigenvalue weighted by Crippen LogP contribution is 2.39. The number of carbonyl (C=O) groups is 2. The maximum atomic E-state index is 13.1. The third-order valence-electron chi connectivity index (χ3n) is 7.37. The molecule has 2 aromatic heterocycles. The van der Waals surface area contributed by atoms with Gasteiger partial charge in [-0.25, -0.2) is 14.8 Å². The molecule has 0 spiro atoms. The zero-order chi connectivity index (χ0) is 29.5. The maximum Gasteiger partial charge on any atom is 0.410 e. The van der Waals surface area contributed by atoms with Gasteiger partial charge in [0.2, 0.25) is 5.91 Å². The number of ether oxygens (including phenoxy) is 1. The molecule has 0 unspecified atom stereocenters. The highest BCUT2D eigenvalue weighted by Gasteiger charge is 2.42. The van der Waals surface area contributed by atoms with E-state index in [2.05, 4.69) is 30.9 Å². The molecule has 2 aliphatic rings. The summed E-state index contributed by atoms with van der Waals surface area (Å²) in [5.41, 5.74) is 0.630. The SMILES string of the molecule is CC(C)(C)OC(=O)N1CC[C@H]1C(=O)N1CCC(CCn2cnc(=N)c3[nH]c(Sc4cc(O)c(O)cc4Br)nc32)CC1. The van der Waals surface area contributed by atoms with E-state index < -0.39 is 17.7 Å². The molecule has 4 N–H and O–H groups in total. The van der Waals surface area contributed by atoms with Gasteiger partial charge in [0, 0.05) is 35.5 Å². The van der Waals surface area contributed by atoms with Crippen LogP contribution in [0.1, 0.15) is 46.5 Å². The van der Waals surface area contributed by atoms with Crippen molar-refractivity contribution in [1.29, 1.82) is 5.41 Å². The van der Waals surface area contributed by atoms with Gasteiger partial charge in [0.1, 0.15) is 17.2 Å². The van der Waals surface area contributed by atoms with Crippen LogP contribution in [0.5, 0.6) is 11.5 Å². The molecule has 0 aliphatic carbocycles. The van der Waals surface area contributed by atoms with E-state index >= 15 is 0 Å². The molecular formula is C27H34BrN7O5S. The van der Waals surface area contributed by atoms with Crippen LogP contribution in [0.15, 0.2) is 33.0 Å². The summed E-state index contributed by atoms with van der Waals surface area (Å²) in [5.74, 6) is -0.0285. The molecule has 14 heteroatoms. The minimum atomic E-state index is -0.594. The summed E-state index contributed by atoms with van der Waals surface area (Å²) in [6.45, 7) is 7.98. The number of phenolic OH excluding ortho intramolecular Hbond substituents is 2. The fourth-order valence-electron chi connectivity index (χ4n) is 5.05. The Morgan fingerprint density at radius 2 is 1.88 bits per heavy atom. The number of piperidine rings is 1. The smallest absolute Gasteiger partial charge is 0.410 e. The number of H-pyrrole nitrogens is 1. The van der Waals surface area contributed by atoms with Crippen LogP contribution in [0.3, 0.4) is 0 Å². The first-order valence-corrected chi connectivity index (χ1v) is 15.2. The molecule has 220 valence electrons. The van der Waals surface area contributed by atoms with E-state index in [4.69, 9.17) is 10.1 Å². The summed E-state index contributed by atoms with van der Waals surface area (Å²) < 4.78 is 7.99. The quantitative estimate of drug-likeness (QED) is 0.290. The molecule has 0 radical (unpaired) electrons. The lowest BCUT2D eigenvalue weighted by Crippen LogP contribution is -2.60. The Bertz CT molecular complexity index is 1530. The molecule has 2 saturated heterocycles. The first-order valence-electron chi connectivity index (χ1n) is 13.6. The first-order chi connectivity index (χ1) is 19.4. The lowest BCUT2D eigenvalue weighted by molar-refractivity contribution is -0.142. The van der Waals surface area contributed by atoms with Crippen molar-refractivity contribution >= 4 is 50.9 Å². The molecule has 2 amide bonds. The Labute approximate surface area is 249 Å². The molecular weight excluding hydrogens is 614 g/mol. The number of aromatic hydroxyl groups is 2. The number of imidazole rings is 1. The van der Waals surface area contributed by atoms with E-state index in [1.165, 1.54) is 28.8 Å². The number of amides is 2. The van der Waals surface area contributed by atoms with E-state index in [1.54, 1.807) is 6.33 Å². The largest absolute Gasteiger partial charge is 0.504 e. The highest BCUT2D eigenvalue weighted by atomic mass is 79.9. The summed E-state index contributed by atoms with van der Waals surface area (Å²) in [6.07, 6.45) is 4.49. The molecule has 2 fully saturated rings. The van der Waals surface area contributed by atoms with E-state index in [9.17, 15) is 19.8 Å². The van der Waals surface area contributed by atoms with Crippen LogP contribution >= 0.6 is 27.7 Å². The number of nitrogens with zero attached hydrogens (tertiary/aromatic N) is 5. The van der Waals surface area contributed by atoms with Crippen LogP contribution in [0.4, 0.5) is 4.79 Å². The summed E-state index contributed by atoms with van der Waals surface area (Å²) in [5, 5.41) is 28.3. The van der Waals surface area contributed by atoms with Crippen LogP contribution in [0.25, 0.3) is 11.2 Å². The molecule has 4 heterocycles. The van der Waals surface area contributed by atoms with Crippen molar-refractivity contribution in [3.05, 3.63) is 28.4 Å². The number of likely N-dealkylation sites (tertiary alicyclic amines) is 2. The second-order valence-corrected chi connectivity index (χ2v) is 13.3. The predicted molar refractivity (Wildman–Crippen MR) is 155 cm³/mol. The lowest BCUT2D eigenvalue weighted by atomic mass is 9.92. The topological polar surface area (TPSA) is 161 Å². The Balaban J connectivity index is 1.18. The van der Waals surface area contributed by atoms with Gasteiger partial charge in [-0.2, -0.15) is 0 Å². The van der Waals surface area contributed by atoms with E-state index in [-0.39, 0.29) is 22.9 Å². The molecule has 1 atom stereocenters. The minimum Gasteiger partial charge on any atom is -0.504 e. The molecule has 5 rings (SSSR count). The molecule has 3 aromatic rings. The van der Waals surface area contributed by atoms with Crippen LogP contribution < -0.4 is 5.49 Å². The molecule has 2 aliphatic heterocycles.